The maximum absolute atomic E-state index is 13.7. The molecule has 0 spiro atoms. The monoisotopic (exact) mass is 578 g/mol. The van der Waals surface area contributed by atoms with E-state index in [1.54, 1.807) is 31.3 Å². The highest BCUT2D eigenvalue weighted by molar-refractivity contribution is 7.92. The molecule has 1 aliphatic rings. The molecule has 40 heavy (non-hydrogen) atoms. The zero-order valence-corrected chi connectivity index (χ0v) is 23.6. The maximum Gasteiger partial charge on any atom is 0.274 e. The quantitative estimate of drug-likeness (QED) is 0.389. The number of rotatable bonds is 7. The SMILES string of the molecule is Cc1cc(C#N)cc(C(=O)NC2CCCCC2)c1NC(=O)c1cc(CS(C)(=O)=NC#N)nn1-c1ncccc1Cl. The summed E-state index contributed by atoms with van der Waals surface area (Å²) in [5, 5.41) is 28.8. The summed E-state index contributed by atoms with van der Waals surface area (Å²) in [7, 11) is -2.94. The van der Waals surface area contributed by atoms with Gasteiger partial charge in [-0.15, -0.1) is 4.36 Å². The van der Waals surface area contributed by atoms with Crippen molar-refractivity contribution in [2.24, 2.45) is 4.36 Å². The molecule has 2 heterocycles. The number of aryl methyl sites for hydroxylation is 1. The number of aromatic nitrogens is 3. The first kappa shape index (κ1) is 28.7. The maximum atomic E-state index is 13.7. The van der Waals surface area contributed by atoms with E-state index in [2.05, 4.69) is 31.1 Å². The molecule has 1 unspecified atom stereocenters. The predicted molar refractivity (Wildman–Crippen MR) is 150 cm³/mol. The lowest BCUT2D eigenvalue weighted by Gasteiger charge is -2.24. The number of amides is 2. The van der Waals surface area contributed by atoms with Gasteiger partial charge in [0.2, 0.25) is 6.19 Å². The fourth-order valence-corrected chi connectivity index (χ4v) is 5.76. The van der Waals surface area contributed by atoms with Gasteiger partial charge in [0.15, 0.2) is 5.82 Å². The molecule has 0 saturated heterocycles. The number of benzene rings is 1. The van der Waals surface area contributed by atoms with E-state index in [9.17, 15) is 19.1 Å². The van der Waals surface area contributed by atoms with Gasteiger partial charge in [-0.2, -0.15) is 15.6 Å². The number of nitrogens with zero attached hydrogens (tertiary/aromatic N) is 6. The molecule has 1 aliphatic carbocycles. The van der Waals surface area contributed by atoms with Crippen molar-refractivity contribution in [2.75, 3.05) is 11.6 Å². The summed E-state index contributed by atoms with van der Waals surface area (Å²) in [4.78, 5) is 31.3. The molecule has 0 bridgehead atoms. The molecule has 1 fully saturated rings. The normalized spacial score (nSPS) is 14.8. The molecule has 2 N–H and O–H groups in total. The smallest absolute Gasteiger partial charge is 0.274 e. The first-order valence-electron chi connectivity index (χ1n) is 12.6. The average molecular weight is 579 g/mol. The minimum absolute atomic E-state index is 0.00477. The average Bonchev–Trinajstić information content (AvgIpc) is 3.33. The lowest BCUT2D eigenvalue weighted by Crippen LogP contribution is -2.36. The van der Waals surface area contributed by atoms with Crippen molar-refractivity contribution in [2.45, 2.75) is 50.8 Å². The first-order valence-corrected chi connectivity index (χ1v) is 15.0. The molecule has 1 atom stereocenters. The molecule has 0 radical (unpaired) electrons. The number of hydrogen-bond acceptors (Lipinski definition) is 8. The summed E-state index contributed by atoms with van der Waals surface area (Å²) < 4.78 is 17.4. The Hall–Kier alpha value is -4.26. The highest BCUT2D eigenvalue weighted by Gasteiger charge is 2.25. The Labute approximate surface area is 237 Å². The lowest BCUT2D eigenvalue weighted by molar-refractivity contribution is 0.0928. The van der Waals surface area contributed by atoms with Gasteiger partial charge in [-0.25, -0.2) is 13.9 Å². The summed E-state index contributed by atoms with van der Waals surface area (Å²) >= 11 is 6.35. The van der Waals surface area contributed by atoms with Crippen LogP contribution in [-0.4, -0.2) is 43.1 Å². The molecule has 2 aromatic heterocycles. The van der Waals surface area contributed by atoms with Crippen molar-refractivity contribution in [3.63, 3.8) is 0 Å². The zero-order chi connectivity index (χ0) is 28.9. The summed E-state index contributed by atoms with van der Waals surface area (Å²) in [5.74, 6) is -1.05. The molecule has 206 valence electrons. The van der Waals surface area contributed by atoms with Gasteiger partial charge in [0.1, 0.15) is 5.69 Å². The van der Waals surface area contributed by atoms with Gasteiger partial charge in [-0.1, -0.05) is 30.9 Å². The molecule has 2 amide bonds. The van der Waals surface area contributed by atoms with Gasteiger partial charge in [0.05, 0.1) is 49.1 Å². The van der Waals surface area contributed by atoms with E-state index in [1.807, 2.05) is 0 Å². The molecule has 3 aromatic rings. The van der Waals surface area contributed by atoms with E-state index in [0.29, 0.717) is 5.56 Å². The minimum Gasteiger partial charge on any atom is -0.349 e. The highest BCUT2D eigenvalue weighted by Crippen LogP contribution is 2.27. The van der Waals surface area contributed by atoms with Crippen molar-refractivity contribution in [1.29, 1.82) is 10.5 Å². The summed E-state index contributed by atoms with van der Waals surface area (Å²) in [6.45, 7) is 1.70. The minimum atomic E-state index is -2.94. The van der Waals surface area contributed by atoms with Crippen molar-refractivity contribution >= 4 is 38.8 Å². The third kappa shape index (κ3) is 6.65. The first-order chi connectivity index (χ1) is 19.1. The van der Waals surface area contributed by atoms with E-state index in [-0.39, 0.29) is 56.7 Å². The largest absolute Gasteiger partial charge is 0.349 e. The van der Waals surface area contributed by atoms with Crippen LogP contribution in [0.1, 0.15) is 69.8 Å². The Morgan fingerprint density at radius 3 is 2.62 bits per heavy atom. The van der Waals surface area contributed by atoms with Gasteiger partial charge in [0, 0.05) is 18.5 Å². The summed E-state index contributed by atoms with van der Waals surface area (Å²) in [5.41, 5.74) is 1.46. The molecular formula is C27H27ClN8O3S. The van der Waals surface area contributed by atoms with Gasteiger partial charge in [0.25, 0.3) is 11.8 Å². The fourth-order valence-electron chi connectivity index (χ4n) is 4.63. The second-order valence-corrected chi connectivity index (χ2v) is 12.4. The van der Waals surface area contributed by atoms with E-state index in [1.165, 1.54) is 29.3 Å². The van der Waals surface area contributed by atoms with Crippen LogP contribution >= 0.6 is 11.6 Å². The zero-order valence-electron chi connectivity index (χ0n) is 22.0. The van der Waals surface area contributed by atoms with Crippen LogP contribution in [0, 0.1) is 29.7 Å². The number of nitrogens with one attached hydrogen (secondary N) is 2. The standard InChI is InChI=1S/C27H27ClN8O3S/c1-17-11-18(14-29)12-21(26(37)33-19-7-4-3-5-8-19)24(17)34-27(38)23-13-20(15-40(2,39)32-16-30)35-36(23)25-22(28)9-6-10-31-25/h6,9-13,19H,3-5,7-8,15H2,1-2H3,(H,33,37)(H,34,38). The molecule has 0 aliphatic heterocycles. The van der Waals surface area contributed by atoms with E-state index < -0.39 is 15.6 Å². The van der Waals surface area contributed by atoms with Crippen LogP contribution < -0.4 is 10.6 Å². The van der Waals surface area contributed by atoms with Crippen LogP contribution in [0.5, 0.6) is 0 Å². The number of carbonyl (C=O) groups excluding carboxylic acids is 2. The van der Waals surface area contributed by atoms with Crippen molar-refractivity contribution in [3.05, 3.63) is 69.6 Å². The molecule has 1 saturated carbocycles. The number of halogens is 1. The van der Waals surface area contributed by atoms with E-state index in [0.717, 1.165) is 32.1 Å². The third-order valence-corrected chi connectivity index (χ3v) is 8.06. The Morgan fingerprint density at radius 1 is 1.20 bits per heavy atom. The van der Waals surface area contributed by atoms with Crippen molar-refractivity contribution in [3.8, 4) is 18.1 Å². The van der Waals surface area contributed by atoms with Crippen molar-refractivity contribution in [1.82, 2.24) is 20.1 Å². The Balaban J connectivity index is 1.74. The third-order valence-electron chi connectivity index (χ3n) is 6.47. The summed E-state index contributed by atoms with van der Waals surface area (Å²) in [6, 6.07) is 9.74. The molecule has 13 heteroatoms. The van der Waals surface area contributed by atoms with Crippen molar-refractivity contribution < 1.29 is 13.8 Å². The van der Waals surface area contributed by atoms with E-state index in [4.69, 9.17) is 16.9 Å². The van der Waals surface area contributed by atoms with Crippen LogP contribution in [0.15, 0.2) is 40.9 Å². The second kappa shape index (κ2) is 12.3. The van der Waals surface area contributed by atoms with Gasteiger partial charge >= 0.3 is 0 Å². The topological polar surface area (TPSA) is 166 Å². The van der Waals surface area contributed by atoms with Gasteiger partial charge < -0.3 is 10.6 Å². The van der Waals surface area contributed by atoms with Crippen LogP contribution in [0.4, 0.5) is 5.69 Å². The van der Waals surface area contributed by atoms with E-state index >= 15 is 0 Å². The Bertz CT molecular complexity index is 1670. The number of carbonyl (C=O) groups is 2. The fraction of sp³-hybridized carbons (Fsp3) is 0.333. The van der Waals surface area contributed by atoms with Crippen LogP contribution in [0.25, 0.3) is 5.82 Å². The van der Waals surface area contributed by atoms with Gasteiger partial charge in [-0.3, -0.25) is 9.59 Å². The second-order valence-electron chi connectivity index (χ2n) is 9.63. The number of pyridine rings is 1. The molecule has 1 aromatic carbocycles. The van der Waals surface area contributed by atoms with Crippen LogP contribution in [0.3, 0.4) is 0 Å². The molecule has 11 nitrogen and oxygen atoms in total. The predicted octanol–water partition coefficient (Wildman–Crippen LogP) is 4.49. The molecule has 4 rings (SSSR count). The van der Waals surface area contributed by atoms with Crippen LogP contribution in [0.2, 0.25) is 5.02 Å². The molecular weight excluding hydrogens is 552 g/mol. The number of nitriles is 2. The Morgan fingerprint density at radius 2 is 1.95 bits per heavy atom. The number of anilines is 1. The Kier molecular flexibility index (Phi) is 8.83. The van der Waals surface area contributed by atoms with Gasteiger partial charge in [-0.05, 0) is 55.7 Å². The number of hydrogen-bond donors (Lipinski definition) is 2. The van der Waals surface area contributed by atoms with Crippen LogP contribution in [-0.2, 0) is 15.5 Å². The summed E-state index contributed by atoms with van der Waals surface area (Å²) in [6.07, 6.45) is 9.28. The lowest BCUT2D eigenvalue weighted by atomic mass is 9.95. The highest BCUT2D eigenvalue weighted by atomic mass is 35.5.